The van der Waals surface area contributed by atoms with Crippen LogP contribution in [0.15, 0.2) is 18.2 Å². The molecule has 1 aromatic rings. The molecule has 0 fully saturated rings. The lowest BCUT2D eigenvalue weighted by Crippen LogP contribution is -2.40. The number of nitrogens with one attached hydrogen (secondary N) is 1. The first-order chi connectivity index (χ1) is 8.67. The summed E-state index contributed by atoms with van der Waals surface area (Å²) in [7, 11) is 1.70. The summed E-state index contributed by atoms with van der Waals surface area (Å²) < 4.78 is 13.4. The van der Waals surface area contributed by atoms with Crippen LogP contribution in [0.4, 0.5) is 10.1 Å². The van der Waals surface area contributed by atoms with Crippen LogP contribution >= 0.6 is 11.6 Å². The van der Waals surface area contributed by atoms with Crippen molar-refractivity contribution in [3.63, 3.8) is 0 Å². The number of aliphatic hydroxyl groups is 1. The van der Waals surface area contributed by atoms with Gasteiger partial charge in [-0.1, -0.05) is 11.6 Å². The zero-order valence-corrected chi connectivity index (χ0v) is 12.0. The van der Waals surface area contributed by atoms with Crippen LogP contribution in [0, 0.1) is 5.82 Å². The van der Waals surface area contributed by atoms with E-state index in [0.29, 0.717) is 11.6 Å². The van der Waals surface area contributed by atoms with Crippen molar-refractivity contribution < 1.29 is 14.3 Å². The maximum Gasteiger partial charge on any atom is 0.238 e. The molecule has 0 unspecified atom stereocenters. The van der Waals surface area contributed by atoms with Gasteiger partial charge in [-0.3, -0.25) is 9.69 Å². The van der Waals surface area contributed by atoms with Gasteiger partial charge in [-0.05, 0) is 39.1 Å². The number of halogens is 2. The second kappa shape index (κ2) is 6.32. The zero-order chi connectivity index (χ0) is 14.6. The van der Waals surface area contributed by atoms with E-state index in [2.05, 4.69) is 5.32 Å². The number of carbonyl (C=O) groups excluding carboxylic acids is 1. The van der Waals surface area contributed by atoms with Gasteiger partial charge in [-0.15, -0.1) is 0 Å². The molecule has 6 heteroatoms. The van der Waals surface area contributed by atoms with E-state index in [4.69, 9.17) is 11.6 Å². The number of anilines is 1. The first kappa shape index (κ1) is 15.9. The molecule has 106 valence electrons. The van der Waals surface area contributed by atoms with E-state index < -0.39 is 11.4 Å². The van der Waals surface area contributed by atoms with Gasteiger partial charge in [0.1, 0.15) is 5.82 Å². The molecule has 0 radical (unpaired) electrons. The van der Waals surface area contributed by atoms with Gasteiger partial charge < -0.3 is 10.4 Å². The number of benzene rings is 1. The van der Waals surface area contributed by atoms with E-state index in [1.807, 2.05) is 0 Å². The Kier molecular flexibility index (Phi) is 5.29. The molecule has 1 amide bonds. The fraction of sp³-hybridized carbons (Fsp3) is 0.462. The Morgan fingerprint density at radius 3 is 2.74 bits per heavy atom. The summed E-state index contributed by atoms with van der Waals surface area (Å²) in [6.45, 7) is 3.68. The number of nitrogens with zero attached hydrogens (tertiary/aromatic N) is 1. The highest BCUT2D eigenvalue weighted by molar-refractivity contribution is 6.30. The van der Waals surface area contributed by atoms with Crippen LogP contribution in [0.25, 0.3) is 0 Å². The predicted octanol–water partition coefficient (Wildman–Crippen LogP) is 2.12. The molecule has 2 N–H and O–H groups in total. The molecular weight excluding hydrogens is 271 g/mol. The summed E-state index contributed by atoms with van der Waals surface area (Å²) in [4.78, 5) is 13.4. The standard InChI is InChI=1S/C13H18ClFN2O2/c1-13(2,19)8-17(3)7-12(18)16-11-6-9(14)4-5-10(11)15/h4-6,19H,7-8H2,1-3H3,(H,16,18). The van der Waals surface area contributed by atoms with Gasteiger partial charge >= 0.3 is 0 Å². The van der Waals surface area contributed by atoms with Crippen LogP contribution in [0.5, 0.6) is 0 Å². The van der Waals surface area contributed by atoms with Gasteiger partial charge in [0, 0.05) is 11.6 Å². The van der Waals surface area contributed by atoms with E-state index in [9.17, 15) is 14.3 Å². The molecule has 0 aliphatic heterocycles. The molecule has 0 saturated carbocycles. The first-order valence-corrected chi connectivity index (χ1v) is 6.21. The molecule has 1 rings (SSSR count). The second-order valence-electron chi connectivity index (χ2n) is 5.16. The van der Waals surface area contributed by atoms with E-state index in [-0.39, 0.29) is 18.1 Å². The Morgan fingerprint density at radius 1 is 1.53 bits per heavy atom. The third kappa shape index (κ3) is 6.00. The second-order valence-corrected chi connectivity index (χ2v) is 5.59. The highest BCUT2D eigenvalue weighted by Crippen LogP contribution is 2.19. The molecule has 0 saturated heterocycles. The van der Waals surface area contributed by atoms with Crippen molar-refractivity contribution in [1.82, 2.24) is 4.90 Å². The van der Waals surface area contributed by atoms with E-state index in [1.54, 1.807) is 25.8 Å². The fourth-order valence-electron chi connectivity index (χ4n) is 1.74. The Morgan fingerprint density at radius 2 is 2.16 bits per heavy atom. The highest BCUT2D eigenvalue weighted by Gasteiger charge is 2.17. The van der Waals surface area contributed by atoms with E-state index >= 15 is 0 Å². The van der Waals surface area contributed by atoms with E-state index in [0.717, 1.165) is 0 Å². The lowest BCUT2D eigenvalue weighted by atomic mass is 10.1. The fourth-order valence-corrected chi connectivity index (χ4v) is 1.92. The van der Waals surface area contributed by atoms with Crippen molar-refractivity contribution in [3.05, 3.63) is 29.0 Å². The minimum atomic E-state index is -0.893. The highest BCUT2D eigenvalue weighted by atomic mass is 35.5. The summed E-state index contributed by atoms with van der Waals surface area (Å²) in [5.41, 5.74) is -0.842. The number of hydrogen-bond acceptors (Lipinski definition) is 3. The van der Waals surface area contributed by atoms with E-state index in [1.165, 1.54) is 18.2 Å². The van der Waals surface area contributed by atoms with Gasteiger partial charge in [0.2, 0.25) is 5.91 Å². The lowest BCUT2D eigenvalue weighted by Gasteiger charge is -2.24. The maximum absolute atomic E-state index is 13.4. The number of carbonyl (C=O) groups is 1. The molecule has 0 spiro atoms. The van der Waals surface area contributed by atoms with Crippen molar-refractivity contribution in [3.8, 4) is 0 Å². The summed E-state index contributed by atoms with van der Waals surface area (Å²) in [6.07, 6.45) is 0. The normalized spacial score (nSPS) is 11.7. The molecule has 1 aromatic carbocycles. The SMILES string of the molecule is CN(CC(=O)Nc1cc(Cl)ccc1F)CC(C)(C)O. The average Bonchev–Trinajstić information content (AvgIpc) is 2.20. The monoisotopic (exact) mass is 288 g/mol. The number of likely N-dealkylation sites (N-methyl/N-ethyl adjacent to an activating group) is 1. The molecule has 4 nitrogen and oxygen atoms in total. The van der Waals surface area contributed by atoms with Gasteiger partial charge in [0.25, 0.3) is 0 Å². The number of amides is 1. The maximum atomic E-state index is 13.4. The summed E-state index contributed by atoms with van der Waals surface area (Å²) in [5, 5.41) is 12.4. The lowest BCUT2D eigenvalue weighted by molar-refractivity contribution is -0.117. The summed E-state index contributed by atoms with van der Waals surface area (Å²) in [5.74, 6) is -0.907. The zero-order valence-electron chi connectivity index (χ0n) is 11.2. The van der Waals surface area contributed by atoms with Crippen molar-refractivity contribution in [1.29, 1.82) is 0 Å². The Labute approximate surface area is 117 Å². The van der Waals surface area contributed by atoms with Gasteiger partial charge in [0.15, 0.2) is 0 Å². The minimum Gasteiger partial charge on any atom is -0.389 e. The van der Waals surface area contributed by atoms with Gasteiger partial charge in [-0.25, -0.2) is 4.39 Å². The third-order valence-electron chi connectivity index (χ3n) is 2.27. The minimum absolute atomic E-state index is 0.0501. The number of rotatable bonds is 5. The van der Waals surface area contributed by atoms with Crippen LogP contribution in [0.1, 0.15) is 13.8 Å². The van der Waals surface area contributed by atoms with Crippen molar-refractivity contribution in [2.45, 2.75) is 19.4 Å². The topological polar surface area (TPSA) is 52.6 Å². The first-order valence-electron chi connectivity index (χ1n) is 5.83. The quantitative estimate of drug-likeness (QED) is 0.873. The molecular formula is C13H18ClFN2O2. The summed E-state index contributed by atoms with van der Waals surface area (Å²) >= 11 is 5.73. The van der Waals surface area contributed by atoms with Crippen LogP contribution in [-0.2, 0) is 4.79 Å². The van der Waals surface area contributed by atoms with Crippen LogP contribution in [-0.4, -0.2) is 41.7 Å². The van der Waals surface area contributed by atoms with Crippen molar-refractivity contribution in [2.75, 3.05) is 25.5 Å². The predicted molar refractivity (Wildman–Crippen MR) is 73.8 cm³/mol. The molecule has 0 heterocycles. The smallest absolute Gasteiger partial charge is 0.238 e. The van der Waals surface area contributed by atoms with Crippen molar-refractivity contribution in [2.24, 2.45) is 0 Å². The van der Waals surface area contributed by atoms with Gasteiger partial charge in [-0.2, -0.15) is 0 Å². The van der Waals surface area contributed by atoms with Crippen molar-refractivity contribution >= 4 is 23.2 Å². The molecule has 0 aliphatic carbocycles. The summed E-state index contributed by atoms with van der Waals surface area (Å²) in [6, 6.07) is 3.95. The largest absolute Gasteiger partial charge is 0.389 e. The molecule has 0 bridgehead atoms. The molecule has 0 aromatic heterocycles. The molecule has 0 aliphatic rings. The Hall–Kier alpha value is -1.17. The van der Waals surface area contributed by atoms with Crippen LogP contribution in [0.3, 0.4) is 0 Å². The number of hydrogen-bond donors (Lipinski definition) is 2. The Bertz CT molecular complexity index is 460. The Balaban J connectivity index is 2.58. The molecule has 19 heavy (non-hydrogen) atoms. The molecule has 0 atom stereocenters. The van der Waals surface area contributed by atoms with Gasteiger partial charge in [0.05, 0.1) is 17.8 Å². The van der Waals surface area contributed by atoms with Crippen LogP contribution in [0.2, 0.25) is 5.02 Å². The third-order valence-corrected chi connectivity index (χ3v) is 2.51. The average molecular weight is 289 g/mol. The van der Waals surface area contributed by atoms with Crippen LogP contribution < -0.4 is 5.32 Å².